The number of carbonyl (C=O) groups is 1. The summed E-state index contributed by atoms with van der Waals surface area (Å²) < 4.78 is 33.3. The Morgan fingerprint density at radius 3 is 2.30 bits per heavy atom. The van der Waals surface area contributed by atoms with Crippen LogP contribution in [-0.4, -0.2) is 64.8 Å². The predicted molar refractivity (Wildman–Crippen MR) is 138 cm³/mol. The summed E-state index contributed by atoms with van der Waals surface area (Å²) in [5.41, 5.74) is -0.734. The van der Waals surface area contributed by atoms with E-state index in [2.05, 4.69) is 5.32 Å². The number of aliphatic hydroxyl groups is 1. The van der Waals surface area contributed by atoms with Crippen LogP contribution in [0.5, 0.6) is 5.75 Å². The second-order valence-electron chi connectivity index (χ2n) is 10.1. The van der Waals surface area contributed by atoms with Crippen LogP contribution in [0.4, 0.5) is 10.5 Å². The Morgan fingerprint density at radius 1 is 1.14 bits per heavy atom. The van der Waals surface area contributed by atoms with Crippen LogP contribution in [0.25, 0.3) is 0 Å². The lowest BCUT2D eigenvalue weighted by atomic mass is 10.0. The highest BCUT2D eigenvalue weighted by molar-refractivity contribution is 7.89. The highest BCUT2D eigenvalue weighted by Crippen LogP contribution is 2.30. The van der Waals surface area contributed by atoms with E-state index < -0.39 is 61.7 Å². The Balaban J connectivity index is 2.39. The Morgan fingerprint density at radius 2 is 1.76 bits per heavy atom. The number of phenolic OH excluding ortho intramolecular Hbond substituents is 1. The van der Waals surface area contributed by atoms with Gasteiger partial charge in [-0.05, 0) is 50.8 Å². The third-order valence-electron chi connectivity index (χ3n) is 5.21. The van der Waals surface area contributed by atoms with Crippen molar-refractivity contribution in [3.63, 3.8) is 0 Å². The molecule has 37 heavy (non-hydrogen) atoms. The van der Waals surface area contributed by atoms with E-state index in [1.165, 1.54) is 0 Å². The number of aromatic hydroxyl groups is 1. The second-order valence-corrected chi connectivity index (χ2v) is 12.1. The molecule has 0 aromatic heterocycles. The van der Waals surface area contributed by atoms with E-state index in [-0.39, 0.29) is 18.9 Å². The van der Waals surface area contributed by atoms with Gasteiger partial charge in [0.15, 0.2) is 5.75 Å². The summed E-state index contributed by atoms with van der Waals surface area (Å²) in [6.07, 6.45) is -1.92. The first-order valence-electron chi connectivity index (χ1n) is 11.8. The van der Waals surface area contributed by atoms with E-state index in [1.54, 1.807) is 46.8 Å². The second kappa shape index (κ2) is 12.3. The number of phenols is 1. The molecule has 12 heteroatoms. The summed E-state index contributed by atoms with van der Waals surface area (Å²) >= 11 is 0. The molecule has 204 valence electrons. The molecule has 0 saturated heterocycles. The highest BCUT2D eigenvalue weighted by atomic mass is 32.2. The number of benzene rings is 2. The fraction of sp³-hybridized carbons (Fsp3) is 0.480. The first-order chi connectivity index (χ1) is 17.1. The molecule has 0 fully saturated rings. The summed E-state index contributed by atoms with van der Waals surface area (Å²) in [6, 6.07) is 10.9. The molecule has 0 heterocycles. The van der Waals surface area contributed by atoms with Crippen molar-refractivity contribution in [3.05, 3.63) is 64.2 Å². The molecule has 0 aliphatic rings. The smallest absolute Gasteiger partial charge is 0.407 e. The molecule has 0 aliphatic carbocycles. The van der Waals surface area contributed by atoms with Gasteiger partial charge in [-0.15, -0.1) is 0 Å². The number of hydrogen-bond acceptors (Lipinski definition) is 8. The molecule has 1 amide bonds. The molecule has 2 atom stereocenters. The molecular weight excluding hydrogens is 502 g/mol. The minimum Gasteiger partial charge on any atom is -0.502 e. The molecule has 0 unspecified atom stereocenters. The molecule has 0 saturated carbocycles. The lowest BCUT2D eigenvalue weighted by Crippen LogP contribution is -2.51. The monoisotopic (exact) mass is 537 g/mol. The predicted octanol–water partition coefficient (Wildman–Crippen LogP) is 3.44. The number of nitrogens with zero attached hydrogens (tertiary/aromatic N) is 2. The number of nitrogens with one attached hydrogen (secondary N) is 1. The number of nitro benzene ring substituents is 1. The van der Waals surface area contributed by atoms with E-state index in [0.29, 0.717) is 0 Å². The summed E-state index contributed by atoms with van der Waals surface area (Å²) in [5, 5.41) is 34.8. The fourth-order valence-electron chi connectivity index (χ4n) is 3.58. The van der Waals surface area contributed by atoms with Crippen LogP contribution in [0.2, 0.25) is 0 Å². The third-order valence-corrected chi connectivity index (χ3v) is 7.03. The largest absolute Gasteiger partial charge is 0.502 e. The number of aliphatic hydroxyl groups excluding tert-OH is 1. The molecular formula is C25H35N3O8S. The van der Waals surface area contributed by atoms with Gasteiger partial charge in [-0.3, -0.25) is 10.1 Å². The zero-order valence-electron chi connectivity index (χ0n) is 21.6. The van der Waals surface area contributed by atoms with Gasteiger partial charge in [-0.2, -0.15) is 4.31 Å². The van der Waals surface area contributed by atoms with Gasteiger partial charge in [0.05, 0.1) is 22.0 Å². The Labute approximate surface area is 217 Å². The number of rotatable bonds is 11. The number of alkyl carbamates (subject to hydrolysis) is 1. The van der Waals surface area contributed by atoms with Gasteiger partial charge in [0, 0.05) is 19.2 Å². The number of nitro groups is 1. The van der Waals surface area contributed by atoms with Crippen molar-refractivity contribution in [2.75, 3.05) is 13.1 Å². The van der Waals surface area contributed by atoms with E-state index in [4.69, 9.17) is 4.74 Å². The maximum atomic E-state index is 13.5. The van der Waals surface area contributed by atoms with E-state index in [0.717, 1.165) is 28.1 Å². The van der Waals surface area contributed by atoms with Gasteiger partial charge in [0.2, 0.25) is 10.0 Å². The molecule has 0 radical (unpaired) electrons. The van der Waals surface area contributed by atoms with E-state index in [1.807, 2.05) is 18.2 Å². The minimum atomic E-state index is -4.31. The van der Waals surface area contributed by atoms with Gasteiger partial charge in [0.25, 0.3) is 0 Å². The molecule has 0 spiro atoms. The number of hydrogen-bond donors (Lipinski definition) is 3. The SMILES string of the molecule is CC(C)CN(C[C@@H](O)[C@H](Cc1ccccc1)NC(=O)OC(C)(C)C)S(=O)(=O)c1ccc(O)c([N+](=O)[O-])c1. The number of sulfonamides is 1. The van der Waals surface area contributed by atoms with Gasteiger partial charge in [-0.25, -0.2) is 13.2 Å². The van der Waals surface area contributed by atoms with Crippen molar-refractivity contribution < 1.29 is 33.1 Å². The lowest BCUT2D eigenvalue weighted by molar-refractivity contribution is -0.386. The zero-order chi connectivity index (χ0) is 28.0. The van der Waals surface area contributed by atoms with Crippen molar-refractivity contribution in [2.24, 2.45) is 5.92 Å². The molecule has 0 bridgehead atoms. The van der Waals surface area contributed by atoms with Crippen molar-refractivity contribution in [1.29, 1.82) is 0 Å². The Kier molecular flexibility index (Phi) is 10.0. The topological polar surface area (TPSA) is 159 Å². The quantitative estimate of drug-likeness (QED) is 0.290. The normalized spacial score (nSPS) is 13.8. The third kappa shape index (κ3) is 8.99. The first kappa shape index (κ1) is 30.0. The van der Waals surface area contributed by atoms with Crippen LogP contribution < -0.4 is 5.32 Å². The minimum absolute atomic E-state index is 0.00143. The van der Waals surface area contributed by atoms with Gasteiger partial charge >= 0.3 is 11.8 Å². The van der Waals surface area contributed by atoms with Crippen molar-refractivity contribution >= 4 is 21.8 Å². The molecule has 11 nitrogen and oxygen atoms in total. The molecule has 2 aromatic rings. The Hall–Kier alpha value is -3.22. The van der Waals surface area contributed by atoms with Crippen molar-refractivity contribution in [3.8, 4) is 5.75 Å². The summed E-state index contributed by atoms with van der Waals surface area (Å²) in [5.74, 6) is -0.815. The van der Waals surface area contributed by atoms with Gasteiger partial charge in [-0.1, -0.05) is 44.2 Å². The van der Waals surface area contributed by atoms with Crippen molar-refractivity contribution in [1.82, 2.24) is 9.62 Å². The number of carbonyl (C=O) groups excluding carboxylic acids is 1. The van der Waals surface area contributed by atoms with Crippen LogP contribution in [0.3, 0.4) is 0 Å². The van der Waals surface area contributed by atoms with Crippen LogP contribution in [-0.2, 0) is 21.2 Å². The van der Waals surface area contributed by atoms with Crippen LogP contribution >= 0.6 is 0 Å². The summed E-state index contributed by atoms with van der Waals surface area (Å²) in [4.78, 5) is 22.5. The summed E-state index contributed by atoms with van der Waals surface area (Å²) in [6.45, 7) is 8.26. The van der Waals surface area contributed by atoms with E-state index >= 15 is 0 Å². The van der Waals surface area contributed by atoms with Crippen LogP contribution in [0, 0.1) is 16.0 Å². The van der Waals surface area contributed by atoms with Gasteiger partial charge in [0.1, 0.15) is 5.60 Å². The van der Waals surface area contributed by atoms with Crippen molar-refractivity contribution in [2.45, 2.75) is 63.7 Å². The highest BCUT2D eigenvalue weighted by Gasteiger charge is 2.33. The zero-order valence-corrected chi connectivity index (χ0v) is 22.4. The van der Waals surface area contributed by atoms with E-state index in [9.17, 15) is 33.5 Å². The van der Waals surface area contributed by atoms with Crippen LogP contribution in [0.1, 0.15) is 40.2 Å². The van der Waals surface area contributed by atoms with Gasteiger partial charge < -0.3 is 20.3 Å². The maximum absolute atomic E-state index is 13.5. The summed E-state index contributed by atoms with van der Waals surface area (Å²) in [7, 11) is -4.31. The molecule has 2 rings (SSSR count). The average Bonchev–Trinajstić information content (AvgIpc) is 2.77. The standard InChI is InChI=1S/C25H35N3O8S/c1-17(2)15-27(37(34,35)19-11-12-22(29)21(14-19)28(32)33)16-23(30)20(13-18-9-7-6-8-10-18)26-24(31)36-25(3,4)5/h6-12,14,17,20,23,29-30H,13,15-16H2,1-5H3,(H,26,31)/t20-,23+/m0/s1. The molecule has 3 N–H and O–H groups in total. The fourth-order valence-corrected chi connectivity index (χ4v) is 5.23. The Bertz CT molecular complexity index is 1180. The maximum Gasteiger partial charge on any atom is 0.407 e. The number of amides is 1. The molecule has 0 aliphatic heterocycles. The van der Waals surface area contributed by atoms with Crippen LogP contribution in [0.15, 0.2) is 53.4 Å². The first-order valence-corrected chi connectivity index (χ1v) is 13.2. The lowest BCUT2D eigenvalue weighted by Gasteiger charge is -2.31. The average molecular weight is 538 g/mol. The molecule has 2 aromatic carbocycles. The number of ether oxygens (including phenoxy) is 1.